The lowest BCUT2D eigenvalue weighted by molar-refractivity contribution is 0.190. The highest BCUT2D eigenvalue weighted by molar-refractivity contribution is 7.09. The van der Waals surface area contributed by atoms with Crippen molar-refractivity contribution in [2.75, 3.05) is 26.2 Å². The summed E-state index contributed by atoms with van der Waals surface area (Å²) in [5.41, 5.74) is 1.19. The summed E-state index contributed by atoms with van der Waals surface area (Å²) in [6, 6.07) is 0. The van der Waals surface area contributed by atoms with Crippen molar-refractivity contribution in [2.45, 2.75) is 33.2 Å². The lowest BCUT2D eigenvalue weighted by Gasteiger charge is -2.31. The van der Waals surface area contributed by atoms with Gasteiger partial charge in [-0.15, -0.1) is 11.3 Å². The van der Waals surface area contributed by atoms with Crippen molar-refractivity contribution >= 4 is 11.3 Å². The van der Waals surface area contributed by atoms with Gasteiger partial charge in [-0.25, -0.2) is 4.98 Å². The zero-order chi connectivity index (χ0) is 12.1. The van der Waals surface area contributed by atoms with Gasteiger partial charge in [0.15, 0.2) is 0 Å². The number of rotatable bonds is 5. The number of hydrogen-bond acceptors (Lipinski definition) is 4. The van der Waals surface area contributed by atoms with Crippen LogP contribution in [-0.4, -0.2) is 36.1 Å². The second-order valence-corrected chi connectivity index (χ2v) is 5.93. The summed E-state index contributed by atoms with van der Waals surface area (Å²) < 4.78 is 0. The molecule has 1 aliphatic rings. The van der Waals surface area contributed by atoms with Crippen LogP contribution in [0.25, 0.3) is 0 Å². The fourth-order valence-corrected chi connectivity index (χ4v) is 3.01. The molecule has 96 valence electrons. The van der Waals surface area contributed by atoms with E-state index in [1.807, 2.05) is 0 Å². The van der Waals surface area contributed by atoms with E-state index in [1.165, 1.54) is 38.2 Å². The molecular formula is C13H23N3S. The van der Waals surface area contributed by atoms with Crippen molar-refractivity contribution in [2.24, 2.45) is 5.92 Å². The maximum Gasteiger partial charge on any atom is 0.0897 e. The molecule has 1 aromatic heterocycles. The maximum absolute atomic E-state index is 4.47. The van der Waals surface area contributed by atoms with Gasteiger partial charge in [0.1, 0.15) is 0 Å². The Labute approximate surface area is 108 Å². The van der Waals surface area contributed by atoms with E-state index in [2.05, 4.69) is 34.4 Å². The average molecular weight is 253 g/mol. The Morgan fingerprint density at radius 1 is 1.47 bits per heavy atom. The van der Waals surface area contributed by atoms with Gasteiger partial charge in [-0.3, -0.25) is 0 Å². The molecule has 0 radical (unpaired) electrons. The molecular weight excluding hydrogens is 230 g/mol. The van der Waals surface area contributed by atoms with Crippen LogP contribution in [0.1, 0.15) is 30.5 Å². The summed E-state index contributed by atoms with van der Waals surface area (Å²) in [6.07, 6.45) is 2.69. The molecule has 1 saturated heterocycles. The van der Waals surface area contributed by atoms with E-state index in [1.54, 1.807) is 11.3 Å². The minimum absolute atomic E-state index is 0.859. The highest BCUT2D eigenvalue weighted by atomic mass is 32.1. The van der Waals surface area contributed by atoms with Crippen molar-refractivity contribution < 1.29 is 0 Å². The van der Waals surface area contributed by atoms with Crippen molar-refractivity contribution in [1.29, 1.82) is 0 Å². The summed E-state index contributed by atoms with van der Waals surface area (Å²) >= 11 is 1.74. The Morgan fingerprint density at radius 2 is 2.24 bits per heavy atom. The number of thiazole rings is 1. The number of piperidine rings is 1. The van der Waals surface area contributed by atoms with Gasteiger partial charge in [0.2, 0.25) is 0 Å². The Hall–Kier alpha value is -0.450. The lowest BCUT2D eigenvalue weighted by atomic mass is 9.97. The zero-order valence-corrected chi connectivity index (χ0v) is 11.7. The van der Waals surface area contributed by atoms with Crippen LogP contribution in [0.2, 0.25) is 0 Å². The van der Waals surface area contributed by atoms with Gasteiger partial charge in [-0.2, -0.15) is 0 Å². The van der Waals surface area contributed by atoms with Gasteiger partial charge in [0.25, 0.3) is 0 Å². The molecule has 2 rings (SSSR count). The molecule has 0 aromatic carbocycles. The van der Waals surface area contributed by atoms with Gasteiger partial charge in [0, 0.05) is 11.9 Å². The summed E-state index contributed by atoms with van der Waals surface area (Å²) in [6.45, 7) is 10.2. The Bertz CT molecular complexity index is 329. The van der Waals surface area contributed by atoms with Crippen LogP contribution in [0.4, 0.5) is 0 Å². The minimum Gasteiger partial charge on any atom is -0.311 e. The topological polar surface area (TPSA) is 28.2 Å². The minimum atomic E-state index is 0.859. The number of likely N-dealkylation sites (tertiary alicyclic amines) is 1. The van der Waals surface area contributed by atoms with Gasteiger partial charge in [-0.1, -0.05) is 6.92 Å². The molecule has 0 bridgehead atoms. The molecule has 0 aliphatic carbocycles. The lowest BCUT2D eigenvalue weighted by Crippen LogP contribution is -2.36. The fraction of sp³-hybridized carbons (Fsp3) is 0.769. The summed E-state index contributed by atoms with van der Waals surface area (Å²) in [7, 11) is 0. The van der Waals surface area contributed by atoms with E-state index in [0.29, 0.717) is 0 Å². The smallest absolute Gasteiger partial charge is 0.0897 e. The predicted molar refractivity (Wildman–Crippen MR) is 73.4 cm³/mol. The van der Waals surface area contributed by atoms with Crippen molar-refractivity contribution in [3.63, 3.8) is 0 Å². The first-order valence-corrected chi connectivity index (χ1v) is 7.50. The van der Waals surface area contributed by atoms with E-state index in [9.17, 15) is 0 Å². The van der Waals surface area contributed by atoms with E-state index in [0.717, 1.165) is 24.0 Å². The van der Waals surface area contributed by atoms with Crippen LogP contribution >= 0.6 is 11.3 Å². The van der Waals surface area contributed by atoms with Gasteiger partial charge in [0.05, 0.1) is 10.7 Å². The molecule has 2 heterocycles. The Morgan fingerprint density at radius 3 is 2.82 bits per heavy atom. The molecule has 4 heteroatoms. The van der Waals surface area contributed by atoms with Gasteiger partial charge in [-0.05, 0) is 51.9 Å². The third kappa shape index (κ3) is 4.05. The van der Waals surface area contributed by atoms with E-state index in [4.69, 9.17) is 0 Å². The van der Waals surface area contributed by atoms with Crippen LogP contribution in [0.15, 0.2) is 5.38 Å². The van der Waals surface area contributed by atoms with Crippen LogP contribution < -0.4 is 5.32 Å². The molecule has 1 N–H and O–H groups in total. The average Bonchev–Trinajstić information content (AvgIpc) is 2.76. The molecule has 0 spiro atoms. The molecule has 0 saturated carbocycles. The van der Waals surface area contributed by atoms with Crippen molar-refractivity contribution in [3.8, 4) is 0 Å². The third-order valence-corrected chi connectivity index (χ3v) is 4.38. The van der Waals surface area contributed by atoms with E-state index in [-0.39, 0.29) is 0 Å². The van der Waals surface area contributed by atoms with E-state index < -0.39 is 0 Å². The second kappa shape index (κ2) is 6.47. The van der Waals surface area contributed by atoms with E-state index >= 15 is 0 Å². The molecule has 0 amide bonds. The first kappa shape index (κ1) is 13.0. The molecule has 1 aliphatic heterocycles. The van der Waals surface area contributed by atoms with Crippen LogP contribution in [0.3, 0.4) is 0 Å². The van der Waals surface area contributed by atoms with Crippen molar-refractivity contribution in [3.05, 3.63) is 16.1 Å². The summed E-state index contributed by atoms with van der Waals surface area (Å²) in [5, 5.41) is 6.86. The van der Waals surface area contributed by atoms with Crippen molar-refractivity contribution in [1.82, 2.24) is 15.2 Å². The number of aryl methyl sites for hydroxylation is 1. The molecule has 17 heavy (non-hydrogen) atoms. The molecule has 0 unspecified atom stereocenters. The number of nitrogens with zero attached hydrogens (tertiary/aromatic N) is 2. The SMILES string of the molecule is CCN1CCC(CNCc2csc(C)n2)CC1. The predicted octanol–water partition coefficient (Wildman–Crippen LogP) is 2.27. The zero-order valence-electron chi connectivity index (χ0n) is 10.9. The first-order chi connectivity index (χ1) is 8.28. The molecule has 1 fully saturated rings. The Kier molecular flexibility index (Phi) is 4.95. The third-order valence-electron chi connectivity index (χ3n) is 3.56. The normalized spacial score (nSPS) is 18.7. The fourth-order valence-electron chi connectivity index (χ4n) is 2.40. The summed E-state index contributed by atoms with van der Waals surface area (Å²) in [4.78, 5) is 7.01. The van der Waals surface area contributed by atoms with Crippen LogP contribution in [0, 0.1) is 12.8 Å². The molecule has 0 atom stereocenters. The van der Waals surface area contributed by atoms with Gasteiger partial charge >= 0.3 is 0 Å². The highest BCUT2D eigenvalue weighted by Gasteiger charge is 2.17. The largest absolute Gasteiger partial charge is 0.311 e. The number of aromatic nitrogens is 1. The quantitative estimate of drug-likeness (QED) is 0.872. The van der Waals surface area contributed by atoms with Gasteiger partial charge < -0.3 is 10.2 Å². The number of nitrogens with one attached hydrogen (secondary N) is 1. The van der Waals surface area contributed by atoms with Crippen LogP contribution in [0.5, 0.6) is 0 Å². The highest BCUT2D eigenvalue weighted by Crippen LogP contribution is 2.16. The standard InChI is InChI=1S/C13H23N3S/c1-3-16-6-4-12(5-7-16)8-14-9-13-10-17-11(2)15-13/h10,12,14H,3-9H2,1-2H3. The summed E-state index contributed by atoms with van der Waals surface area (Å²) in [5.74, 6) is 0.859. The first-order valence-electron chi connectivity index (χ1n) is 6.62. The molecule has 1 aromatic rings. The van der Waals surface area contributed by atoms with Crippen LogP contribution in [-0.2, 0) is 6.54 Å². The Balaban J connectivity index is 1.63. The molecule has 3 nitrogen and oxygen atoms in total. The number of hydrogen-bond donors (Lipinski definition) is 1. The second-order valence-electron chi connectivity index (χ2n) is 4.87. The maximum atomic E-state index is 4.47. The monoisotopic (exact) mass is 253 g/mol.